The van der Waals surface area contributed by atoms with Crippen LogP contribution in [0, 0.1) is 0 Å². The van der Waals surface area contributed by atoms with Gasteiger partial charge in [0.05, 0.1) is 16.4 Å². The van der Waals surface area contributed by atoms with Gasteiger partial charge in [0.15, 0.2) is 0 Å². The van der Waals surface area contributed by atoms with Crippen LogP contribution in [0.2, 0.25) is 0 Å². The number of hydrogen-bond acceptors (Lipinski definition) is 2. The van der Waals surface area contributed by atoms with Gasteiger partial charge >= 0.3 is 0 Å². The summed E-state index contributed by atoms with van der Waals surface area (Å²) in [5.74, 6) is -0.0888. The fourth-order valence-electron chi connectivity index (χ4n) is 3.99. The van der Waals surface area contributed by atoms with Crippen LogP contribution in [0.15, 0.2) is 35.1 Å². The third-order valence-electron chi connectivity index (χ3n) is 5.33. The second kappa shape index (κ2) is 6.39. The number of aryl methyl sites for hydroxylation is 1. The first-order chi connectivity index (χ1) is 12.1. The van der Waals surface area contributed by atoms with E-state index in [1.165, 1.54) is 25.7 Å². The number of nitrogens with one attached hydrogen (secondary N) is 2. The molecule has 0 bridgehead atoms. The van der Waals surface area contributed by atoms with Crippen LogP contribution in [0.4, 0.5) is 0 Å². The van der Waals surface area contributed by atoms with Crippen molar-refractivity contribution in [3.63, 3.8) is 0 Å². The number of nitrogens with zero attached hydrogens (tertiary/aromatic N) is 1. The number of rotatable bonds is 2. The molecule has 2 N–H and O–H groups in total. The highest BCUT2D eigenvalue weighted by atomic mass is 16.2. The van der Waals surface area contributed by atoms with E-state index in [1.54, 1.807) is 6.07 Å². The first-order valence-electron chi connectivity index (χ1n) is 9.06. The maximum Gasteiger partial charge on any atom is 0.268 e. The molecule has 0 spiro atoms. The van der Waals surface area contributed by atoms with E-state index < -0.39 is 0 Å². The molecule has 1 aromatic carbocycles. The summed E-state index contributed by atoms with van der Waals surface area (Å²) < 4.78 is 1.85. The minimum absolute atomic E-state index is 0.0888. The van der Waals surface area contributed by atoms with Crippen molar-refractivity contribution in [2.75, 3.05) is 0 Å². The topological polar surface area (TPSA) is 66.9 Å². The van der Waals surface area contributed by atoms with Crippen LogP contribution in [-0.4, -0.2) is 21.5 Å². The predicted octanol–water partition coefficient (Wildman–Crippen LogP) is 3.47. The zero-order valence-electron chi connectivity index (χ0n) is 14.5. The third-order valence-corrected chi connectivity index (χ3v) is 5.33. The Kier molecular flexibility index (Phi) is 4.07. The van der Waals surface area contributed by atoms with E-state index in [9.17, 15) is 9.59 Å². The first-order valence-corrected chi connectivity index (χ1v) is 9.06. The number of carbonyl (C=O) groups excluding carboxylic acids is 1. The van der Waals surface area contributed by atoms with Crippen LogP contribution >= 0.6 is 0 Å². The van der Waals surface area contributed by atoms with Crippen molar-refractivity contribution in [2.24, 2.45) is 7.05 Å². The molecular formula is C20H23N3O2. The maximum atomic E-state index is 12.8. The van der Waals surface area contributed by atoms with Crippen LogP contribution in [-0.2, 0) is 7.05 Å². The standard InChI is InChI=1S/C20H23N3O2/c1-23-17(20(25)21-13-8-4-2-3-5-9-13)12-15-18(23)14-10-6-7-11-16(14)22-19(15)24/h6-7,10-13H,2-5,8-9H2,1H3,(H,21,25)(H,22,24). The Hall–Kier alpha value is -2.56. The Labute approximate surface area is 146 Å². The van der Waals surface area contributed by atoms with Crippen molar-refractivity contribution in [3.8, 4) is 0 Å². The predicted molar refractivity (Wildman–Crippen MR) is 100 cm³/mol. The Morgan fingerprint density at radius 3 is 2.60 bits per heavy atom. The molecule has 2 heterocycles. The van der Waals surface area contributed by atoms with E-state index in [4.69, 9.17) is 0 Å². The van der Waals surface area contributed by atoms with Crippen LogP contribution in [0.3, 0.4) is 0 Å². The van der Waals surface area contributed by atoms with Crippen molar-refractivity contribution in [2.45, 2.75) is 44.6 Å². The molecule has 25 heavy (non-hydrogen) atoms. The number of hydrogen-bond donors (Lipinski definition) is 2. The van der Waals surface area contributed by atoms with E-state index in [0.717, 1.165) is 29.3 Å². The van der Waals surface area contributed by atoms with Gasteiger partial charge in [-0.3, -0.25) is 9.59 Å². The average Bonchev–Trinajstić information content (AvgIpc) is 2.78. The Balaban J connectivity index is 1.76. The number of H-pyrrole nitrogens is 1. The molecule has 0 aliphatic heterocycles. The van der Waals surface area contributed by atoms with Crippen molar-refractivity contribution < 1.29 is 4.79 Å². The summed E-state index contributed by atoms with van der Waals surface area (Å²) in [5.41, 5.74) is 1.99. The number of amides is 1. The first kappa shape index (κ1) is 15.9. The fourth-order valence-corrected chi connectivity index (χ4v) is 3.99. The van der Waals surface area contributed by atoms with Crippen LogP contribution in [0.25, 0.3) is 21.8 Å². The summed E-state index contributed by atoms with van der Waals surface area (Å²) in [6.07, 6.45) is 6.93. The summed E-state index contributed by atoms with van der Waals surface area (Å²) in [4.78, 5) is 28.1. The van der Waals surface area contributed by atoms with Crippen molar-refractivity contribution in [3.05, 3.63) is 46.4 Å². The zero-order valence-corrected chi connectivity index (χ0v) is 14.5. The number of para-hydroxylation sites is 1. The molecule has 0 atom stereocenters. The van der Waals surface area contributed by atoms with E-state index in [-0.39, 0.29) is 17.5 Å². The molecule has 1 aliphatic rings. The van der Waals surface area contributed by atoms with Crippen molar-refractivity contribution >= 4 is 27.7 Å². The van der Waals surface area contributed by atoms with E-state index in [2.05, 4.69) is 10.3 Å². The lowest BCUT2D eigenvalue weighted by Gasteiger charge is -2.16. The van der Waals surface area contributed by atoms with Crippen molar-refractivity contribution in [1.82, 2.24) is 14.9 Å². The van der Waals surface area contributed by atoms with Gasteiger partial charge in [-0.1, -0.05) is 43.9 Å². The smallest absolute Gasteiger partial charge is 0.268 e. The third kappa shape index (κ3) is 2.84. The highest BCUT2D eigenvalue weighted by molar-refractivity contribution is 6.07. The summed E-state index contributed by atoms with van der Waals surface area (Å²) >= 11 is 0. The number of aromatic nitrogens is 2. The van der Waals surface area contributed by atoms with Gasteiger partial charge in [0, 0.05) is 18.5 Å². The van der Waals surface area contributed by atoms with Gasteiger partial charge in [-0.05, 0) is 25.0 Å². The van der Waals surface area contributed by atoms with Crippen LogP contribution in [0.1, 0.15) is 49.0 Å². The molecular weight excluding hydrogens is 314 g/mol. The summed E-state index contributed by atoms with van der Waals surface area (Å²) in [5, 5.41) is 4.69. The fraction of sp³-hybridized carbons (Fsp3) is 0.400. The van der Waals surface area contributed by atoms with E-state index in [1.807, 2.05) is 35.9 Å². The largest absolute Gasteiger partial charge is 0.348 e. The summed E-state index contributed by atoms with van der Waals surface area (Å²) in [7, 11) is 1.86. The van der Waals surface area contributed by atoms with Crippen LogP contribution in [0.5, 0.6) is 0 Å². The second-order valence-corrected chi connectivity index (χ2v) is 7.01. The molecule has 0 unspecified atom stereocenters. The van der Waals surface area contributed by atoms with E-state index in [0.29, 0.717) is 11.1 Å². The lowest BCUT2D eigenvalue weighted by atomic mass is 10.1. The number of benzene rings is 1. The average molecular weight is 337 g/mol. The summed E-state index contributed by atoms with van der Waals surface area (Å²) in [6.45, 7) is 0. The highest BCUT2D eigenvalue weighted by Gasteiger charge is 2.20. The monoisotopic (exact) mass is 337 g/mol. The van der Waals surface area contributed by atoms with E-state index >= 15 is 0 Å². The van der Waals surface area contributed by atoms with Gasteiger partial charge < -0.3 is 14.9 Å². The number of aromatic amines is 1. The molecule has 5 heteroatoms. The molecule has 1 amide bonds. The minimum atomic E-state index is -0.155. The molecule has 4 rings (SSSR count). The van der Waals surface area contributed by atoms with Gasteiger partial charge in [-0.2, -0.15) is 0 Å². The molecule has 5 nitrogen and oxygen atoms in total. The quantitative estimate of drug-likeness (QED) is 0.703. The minimum Gasteiger partial charge on any atom is -0.348 e. The molecule has 2 aromatic heterocycles. The Morgan fingerprint density at radius 2 is 1.84 bits per heavy atom. The zero-order chi connectivity index (χ0) is 17.4. The maximum absolute atomic E-state index is 12.8. The van der Waals surface area contributed by atoms with Crippen molar-refractivity contribution in [1.29, 1.82) is 0 Å². The van der Waals surface area contributed by atoms with Gasteiger partial charge in [-0.25, -0.2) is 0 Å². The molecule has 130 valence electrons. The molecule has 1 aliphatic carbocycles. The molecule has 0 radical (unpaired) electrons. The van der Waals surface area contributed by atoms with Gasteiger partial charge in [0.25, 0.3) is 11.5 Å². The molecule has 0 saturated heterocycles. The Bertz CT molecular complexity index is 991. The van der Waals surface area contributed by atoms with Gasteiger partial charge in [-0.15, -0.1) is 0 Å². The molecule has 3 aromatic rings. The lowest BCUT2D eigenvalue weighted by Crippen LogP contribution is -2.35. The highest BCUT2D eigenvalue weighted by Crippen LogP contribution is 2.24. The van der Waals surface area contributed by atoms with Gasteiger partial charge in [0.1, 0.15) is 5.69 Å². The number of fused-ring (bicyclic) bond motifs is 3. The lowest BCUT2D eigenvalue weighted by molar-refractivity contribution is 0.0925. The Morgan fingerprint density at radius 1 is 1.12 bits per heavy atom. The number of carbonyl (C=O) groups is 1. The summed E-state index contributed by atoms with van der Waals surface area (Å²) in [6, 6.07) is 9.65. The molecule has 1 saturated carbocycles. The van der Waals surface area contributed by atoms with Crippen LogP contribution < -0.4 is 10.9 Å². The number of pyridine rings is 1. The molecule has 1 fully saturated rings. The van der Waals surface area contributed by atoms with Gasteiger partial charge in [0.2, 0.25) is 0 Å². The normalized spacial score (nSPS) is 16.2. The SMILES string of the molecule is Cn1c(C(=O)NC2CCCCCC2)cc2c(=O)[nH]c3ccccc3c21. The second-order valence-electron chi connectivity index (χ2n) is 7.01.